The molecule has 0 saturated heterocycles. The number of hydrazone groups is 1. The molecule has 1 atom stereocenters. The molecule has 3 nitrogen and oxygen atoms in total. The summed E-state index contributed by atoms with van der Waals surface area (Å²) in [5, 5.41) is 6.66. The molecule has 0 radical (unpaired) electrons. The molecule has 15 heavy (non-hydrogen) atoms. The third-order valence-electron chi connectivity index (χ3n) is 2.79. The van der Waals surface area contributed by atoms with E-state index in [1.807, 2.05) is 6.34 Å². The van der Waals surface area contributed by atoms with Crippen molar-refractivity contribution in [3.05, 3.63) is 0 Å². The van der Waals surface area contributed by atoms with Crippen molar-refractivity contribution in [2.75, 3.05) is 13.1 Å². The number of rotatable bonds is 6. The Bertz CT molecular complexity index is 201. The maximum absolute atomic E-state index is 4.46. The van der Waals surface area contributed by atoms with Crippen molar-refractivity contribution in [3.8, 4) is 0 Å². The van der Waals surface area contributed by atoms with E-state index in [4.69, 9.17) is 0 Å². The van der Waals surface area contributed by atoms with Gasteiger partial charge in [0.05, 0.1) is 0 Å². The lowest BCUT2D eigenvalue weighted by Gasteiger charge is -2.31. The van der Waals surface area contributed by atoms with Gasteiger partial charge in [0, 0.05) is 13.1 Å². The van der Waals surface area contributed by atoms with Crippen molar-refractivity contribution in [3.63, 3.8) is 0 Å². The van der Waals surface area contributed by atoms with Crippen LogP contribution in [-0.2, 0) is 0 Å². The van der Waals surface area contributed by atoms with Crippen molar-refractivity contribution in [1.29, 1.82) is 0 Å². The Hall–Kier alpha value is -0.730. The van der Waals surface area contributed by atoms with Gasteiger partial charge in [-0.05, 0) is 25.7 Å². The Morgan fingerprint density at radius 1 is 1.33 bits per heavy atom. The van der Waals surface area contributed by atoms with Crippen LogP contribution in [0.15, 0.2) is 5.10 Å². The number of hydrogen-bond donors (Lipinski definition) is 0. The summed E-state index contributed by atoms with van der Waals surface area (Å²) < 4.78 is 0. The minimum absolute atomic E-state index is 0.511. The van der Waals surface area contributed by atoms with E-state index in [9.17, 15) is 0 Å². The van der Waals surface area contributed by atoms with Gasteiger partial charge in [0.1, 0.15) is 12.5 Å². The van der Waals surface area contributed by atoms with E-state index < -0.39 is 0 Å². The van der Waals surface area contributed by atoms with Crippen LogP contribution in [0.2, 0.25) is 0 Å². The number of nitrogens with zero attached hydrogens (tertiary/aromatic N) is 3. The molecule has 1 unspecified atom stereocenters. The van der Waals surface area contributed by atoms with Gasteiger partial charge in [-0.1, -0.05) is 27.2 Å². The molecule has 1 aliphatic heterocycles. The average molecular weight is 211 g/mol. The molecule has 0 aromatic rings. The van der Waals surface area contributed by atoms with Crippen molar-refractivity contribution in [2.45, 2.75) is 53.1 Å². The molecule has 1 rings (SSSR count). The van der Waals surface area contributed by atoms with Gasteiger partial charge >= 0.3 is 0 Å². The fourth-order valence-electron chi connectivity index (χ4n) is 2.04. The SMILES string of the molecule is CCCCC1N(CC(C)C)C=NN1CC. The summed E-state index contributed by atoms with van der Waals surface area (Å²) in [6.45, 7) is 11.1. The van der Waals surface area contributed by atoms with Gasteiger partial charge < -0.3 is 4.90 Å². The minimum Gasteiger partial charge on any atom is -0.339 e. The first kappa shape index (κ1) is 12.3. The molecule has 0 aromatic carbocycles. The molecule has 0 saturated carbocycles. The highest BCUT2D eigenvalue weighted by Gasteiger charge is 2.26. The van der Waals surface area contributed by atoms with Gasteiger partial charge in [-0.25, -0.2) is 0 Å². The predicted octanol–water partition coefficient (Wildman–Crippen LogP) is 2.74. The topological polar surface area (TPSA) is 18.8 Å². The Labute approximate surface area is 94.1 Å². The Balaban J connectivity index is 2.50. The molecule has 88 valence electrons. The van der Waals surface area contributed by atoms with Crippen LogP contribution in [0.5, 0.6) is 0 Å². The number of unbranched alkanes of at least 4 members (excludes halogenated alkanes) is 1. The zero-order valence-corrected chi connectivity index (χ0v) is 10.6. The molecule has 0 spiro atoms. The second-order valence-corrected chi connectivity index (χ2v) is 4.70. The third-order valence-corrected chi connectivity index (χ3v) is 2.79. The fraction of sp³-hybridized carbons (Fsp3) is 0.917. The molecule has 0 bridgehead atoms. The van der Waals surface area contributed by atoms with Crippen LogP contribution in [0.25, 0.3) is 0 Å². The largest absolute Gasteiger partial charge is 0.339 e. The maximum atomic E-state index is 4.46. The normalized spacial score (nSPS) is 20.7. The second kappa shape index (κ2) is 5.99. The Kier molecular flexibility index (Phi) is 4.92. The van der Waals surface area contributed by atoms with E-state index in [0.29, 0.717) is 12.1 Å². The van der Waals surface area contributed by atoms with Crippen molar-refractivity contribution >= 4 is 6.34 Å². The molecular weight excluding hydrogens is 186 g/mol. The second-order valence-electron chi connectivity index (χ2n) is 4.70. The lowest BCUT2D eigenvalue weighted by Crippen LogP contribution is -2.41. The summed E-state index contributed by atoms with van der Waals surface area (Å²) >= 11 is 0. The summed E-state index contributed by atoms with van der Waals surface area (Å²) in [6.07, 6.45) is 6.32. The molecule has 0 fully saturated rings. The van der Waals surface area contributed by atoms with Crippen LogP contribution in [-0.4, -0.2) is 35.5 Å². The fourth-order valence-corrected chi connectivity index (χ4v) is 2.04. The first-order valence-electron chi connectivity index (χ1n) is 6.25. The van der Waals surface area contributed by atoms with Crippen molar-refractivity contribution in [2.24, 2.45) is 11.0 Å². The molecule has 1 aliphatic rings. The maximum Gasteiger partial charge on any atom is 0.119 e. The molecular formula is C12H25N3. The first-order chi connectivity index (χ1) is 7.19. The van der Waals surface area contributed by atoms with E-state index in [1.165, 1.54) is 19.3 Å². The summed E-state index contributed by atoms with van der Waals surface area (Å²) in [5.41, 5.74) is 0. The van der Waals surface area contributed by atoms with Gasteiger partial charge in [-0.2, -0.15) is 5.10 Å². The smallest absolute Gasteiger partial charge is 0.119 e. The third kappa shape index (κ3) is 3.40. The van der Waals surface area contributed by atoms with Gasteiger partial charge in [-0.15, -0.1) is 0 Å². The monoisotopic (exact) mass is 211 g/mol. The molecule has 0 amide bonds. The summed E-state index contributed by atoms with van der Waals surface area (Å²) in [5.74, 6) is 0.706. The standard InChI is InChI=1S/C12H25N3/c1-5-7-8-12-14(9-11(3)4)10-13-15(12)6-2/h10-12H,5-9H2,1-4H3. The van der Waals surface area contributed by atoms with Crippen LogP contribution >= 0.6 is 0 Å². The molecule has 0 N–H and O–H groups in total. The van der Waals surface area contributed by atoms with Crippen LogP contribution in [0, 0.1) is 5.92 Å². The van der Waals surface area contributed by atoms with E-state index >= 15 is 0 Å². The van der Waals surface area contributed by atoms with E-state index in [1.54, 1.807) is 0 Å². The first-order valence-corrected chi connectivity index (χ1v) is 6.25. The average Bonchev–Trinajstić information content (AvgIpc) is 2.56. The van der Waals surface area contributed by atoms with E-state index in [2.05, 4.69) is 42.7 Å². The highest BCUT2D eigenvalue weighted by molar-refractivity contribution is 5.57. The zero-order chi connectivity index (χ0) is 11.3. The zero-order valence-electron chi connectivity index (χ0n) is 10.6. The van der Waals surface area contributed by atoms with Gasteiger partial charge in [0.15, 0.2) is 0 Å². The van der Waals surface area contributed by atoms with Gasteiger partial charge in [-0.3, -0.25) is 5.01 Å². The van der Waals surface area contributed by atoms with Crippen molar-refractivity contribution in [1.82, 2.24) is 9.91 Å². The van der Waals surface area contributed by atoms with Crippen LogP contribution in [0.3, 0.4) is 0 Å². The van der Waals surface area contributed by atoms with Crippen LogP contribution in [0.4, 0.5) is 0 Å². The Morgan fingerprint density at radius 3 is 2.60 bits per heavy atom. The van der Waals surface area contributed by atoms with Crippen LogP contribution < -0.4 is 0 Å². The molecule has 0 aromatic heterocycles. The predicted molar refractivity (Wildman–Crippen MR) is 65.7 cm³/mol. The molecule has 3 heteroatoms. The summed E-state index contributed by atoms with van der Waals surface area (Å²) in [7, 11) is 0. The van der Waals surface area contributed by atoms with Gasteiger partial charge in [0.2, 0.25) is 0 Å². The Morgan fingerprint density at radius 2 is 2.07 bits per heavy atom. The summed E-state index contributed by atoms with van der Waals surface area (Å²) in [6, 6.07) is 0. The van der Waals surface area contributed by atoms with Gasteiger partial charge in [0.25, 0.3) is 0 Å². The van der Waals surface area contributed by atoms with Crippen molar-refractivity contribution < 1.29 is 0 Å². The number of hydrogen-bond acceptors (Lipinski definition) is 3. The summed E-state index contributed by atoms with van der Waals surface area (Å²) in [4.78, 5) is 2.39. The van der Waals surface area contributed by atoms with E-state index in [0.717, 1.165) is 13.1 Å². The quantitative estimate of drug-likeness (QED) is 0.672. The highest BCUT2D eigenvalue weighted by atomic mass is 15.6. The lowest BCUT2D eigenvalue weighted by atomic mass is 10.1. The van der Waals surface area contributed by atoms with Crippen LogP contribution in [0.1, 0.15) is 47.0 Å². The molecule has 0 aliphatic carbocycles. The van der Waals surface area contributed by atoms with E-state index in [-0.39, 0.29) is 0 Å². The molecule has 1 heterocycles. The highest BCUT2D eigenvalue weighted by Crippen LogP contribution is 2.18. The lowest BCUT2D eigenvalue weighted by molar-refractivity contribution is 0.118. The minimum atomic E-state index is 0.511.